The lowest BCUT2D eigenvalue weighted by Gasteiger charge is -2.26. The maximum Gasteiger partial charge on any atom is 0.253 e. The second kappa shape index (κ2) is 3.83. The maximum absolute atomic E-state index is 12.2. The van der Waals surface area contributed by atoms with Crippen LogP contribution in [0.4, 0.5) is 0 Å². The minimum Gasteiger partial charge on any atom is -0.347 e. The number of aromatic nitrogens is 2. The highest BCUT2D eigenvalue weighted by Gasteiger charge is 2.38. The zero-order chi connectivity index (χ0) is 12.8. The van der Waals surface area contributed by atoms with Crippen LogP contribution >= 0.6 is 0 Å². The number of fused-ring (bicyclic) bond motifs is 1. The summed E-state index contributed by atoms with van der Waals surface area (Å²) in [7, 11) is 0. The Kier molecular flexibility index (Phi) is 2.40. The molecule has 3 rings (SSSR count). The van der Waals surface area contributed by atoms with Gasteiger partial charge in [0.15, 0.2) is 0 Å². The number of hydrogen-bond donors (Lipinski definition) is 1. The summed E-state index contributed by atoms with van der Waals surface area (Å²) < 4.78 is 1.86. The maximum atomic E-state index is 12.2. The number of nitrogens with zero attached hydrogens (tertiary/aromatic N) is 2. The van der Waals surface area contributed by atoms with E-state index in [0.717, 1.165) is 5.65 Å². The molecule has 1 aliphatic carbocycles. The van der Waals surface area contributed by atoms with E-state index in [9.17, 15) is 4.79 Å². The van der Waals surface area contributed by atoms with Crippen LogP contribution in [0.25, 0.3) is 5.65 Å². The fourth-order valence-electron chi connectivity index (χ4n) is 2.33. The van der Waals surface area contributed by atoms with Crippen molar-refractivity contribution in [3.8, 4) is 0 Å². The van der Waals surface area contributed by atoms with Gasteiger partial charge in [0.1, 0.15) is 5.65 Å². The molecule has 0 saturated heterocycles. The number of carbonyl (C=O) groups excluding carboxylic acids is 1. The summed E-state index contributed by atoms with van der Waals surface area (Å²) in [5.41, 5.74) is 1.42. The molecule has 2 aromatic rings. The van der Waals surface area contributed by atoms with Gasteiger partial charge in [-0.2, -0.15) is 0 Å². The number of rotatable bonds is 3. The number of pyridine rings is 1. The van der Waals surface area contributed by atoms with Gasteiger partial charge < -0.3 is 9.72 Å². The van der Waals surface area contributed by atoms with Crippen molar-refractivity contribution in [2.45, 2.75) is 32.2 Å². The average molecular weight is 243 g/mol. The van der Waals surface area contributed by atoms with Crippen LogP contribution in [0.1, 0.15) is 37.0 Å². The molecule has 0 unspecified atom stereocenters. The molecule has 0 atom stereocenters. The molecule has 0 radical (unpaired) electrons. The van der Waals surface area contributed by atoms with Crippen molar-refractivity contribution in [1.82, 2.24) is 14.7 Å². The monoisotopic (exact) mass is 243 g/mol. The Bertz CT molecular complexity index is 596. The van der Waals surface area contributed by atoms with Crippen molar-refractivity contribution in [3.63, 3.8) is 0 Å². The summed E-state index contributed by atoms with van der Waals surface area (Å²) in [6, 6.07) is 3.68. The molecule has 0 aromatic carbocycles. The molecule has 4 nitrogen and oxygen atoms in total. The Morgan fingerprint density at radius 1 is 1.44 bits per heavy atom. The Morgan fingerprint density at radius 2 is 2.22 bits per heavy atom. The molecule has 1 fully saturated rings. The molecule has 0 aliphatic heterocycles. The number of hydrogen-bond acceptors (Lipinski definition) is 2. The molecular weight excluding hydrogens is 226 g/mol. The van der Waals surface area contributed by atoms with E-state index in [1.807, 2.05) is 28.9 Å². The van der Waals surface area contributed by atoms with Gasteiger partial charge in [-0.05, 0) is 44.7 Å². The molecule has 0 spiro atoms. The van der Waals surface area contributed by atoms with E-state index in [4.69, 9.17) is 0 Å². The molecule has 4 heteroatoms. The van der Waals surface area contributed by atoms with Crippen molar-refractivity contribution < 1.29 is 4.79 Å². The van der Waals surface area contributed by atoms with Gasteiger partial charge in [0.25, 0.3) is 5.91 Å². The normalized spacial score (nSPS) is 15.9. The summed E-state index contributed by atoms with van der Waals surface area (Å²) in [6.07, 6.45) is 7.83. The summed E-state index contributed by atoms with van der Waals surface area (Å²) in [6.45, 7) is 4.19. The first-order chi connectivity index (χ1) is 8.56. The van der Waals surface area contributed by atoms with Crippen LogP contribution in [0, 0.1) is 5.92 Å². The van der Waals surface area contributed by atoms with E-state index in [1.54, 1.807) is 6.20 Å². The first-order valence-corrected chi connectivity index (χ1v) is 6.31. The third-order valence-electron chi connectivity index (χ3n) is 3.68. The fraction of sp³-hybridized carbons (Fsp3) is 0.429. The van der Waals surface area contributed by atoms with Gasteiger partial charge in [0.2, 0.25) is 0 Å². The highest BCUT2D eigenvalue weighted by molar-refractivity contribution is 5.94. The predicted molar refractivity (Wildman–Crippen MR) is 69.5 cm³/mol. The summed E-state index contributed by atoms with van der Waals surface area (Å²) >= 11 is 0. The standard InChI is InChI=1S/C14H17N3O/c1-14(2,11-4-5-11)16-13(18)10-3-6-12-15-7-8-17(12)9-10/h3,6-9,11H,4-5H2,1-2H3,(H,16,18). The van der Waals surface area contributed by atoms with Crippen LogP contribution in [-0.2, 0) is 0 Å². The number of nitrogens with one attached hydrogen (secondary N) is 1. The average Bonchev–Trinajstić information content (AvgIpc) is 3.08. The lowest BCUT2D eigenvalue weighted by Crippen LogP contribution is -2.45. The first kappa shape index (κ1) is 11.3. The fourth-order valence-corrected chi connectivity index (χ4v) is 2.33. The number of imidazole rings is 1. The van der Waals surface area contributed by atoms with Crippen LogP contribution in [0.3, 0.4) is 0 Å². The molecular formula is C14H17N3O. The highest BCUT2D eigenvalue weighted by Crippen LogP contribution is 2.39. The smallest absolute Gasteiger partial charge is 0.253 e. The van der Waals surface area contributed by atoms with Crippen LogP contribution < -0.4 is 5.32 Å². The van der Waals surface area contributed by atoms with Crippen molar-refractivity contribution in [3.05, 3.63) is 36.3 Å². The van der Waals surface area contributed by atoms with Crippen molar-refractivity contribution in [2.24, 2.45) is 5.92 Å². The van der Waals surface area contributed by atoms with Gasteiger partial charge in [0.05, 0.1) is 5.56 Å². The minimum atomic E-state index is -0.110. The third kappa shape index (κ3) is 1.98. The molecule has 94 valence electrons. The van der Waals surface area contributed by atoms with E-state index in [-0.39, 0.29) is 11.4 Å². The van der Waals surface area contributed by atoms with Crippen molar-refractivity contribution in [1.29, 1.82) is 0 Å². The lowest BCUT2D eigenvalue weighted by atomic mass is 9.98. The second-order valence-corrected chi connectivity index (χ2v) is 5.56. The Hall–Kier alpha value is -1.84. The zero-order valence-electron chi connectivity index (χ0n) is 10.7. The van der Waals surface area contributed by atoms with Gasteiger partial charge in [-0.25, -0.2) is 4.98 Å². The molecule has 1 saturated carbocycles. The number of amides is 1. The van der Waals surface area contributed by atoms with Gasteiger partial charge in [-0.1, -0.05) is 0 Å². The van der Waals surface area contributed by atoms with Crippen LogP contribution in [-0.4, -0.2) is 20.8 Å². The topological polar surface area (TPSA) is 46.4 Å². The SMILES string of the molecule is CC(C)(NC(=O)c1ccc2nccn2c1)C1CC1. The summed E-state index contributed by atoms with van der Waals surface area (Å²) in [5.74, 6) is 0.612. The van der Waals surface area contributed by atoms with E-state index < -0.39 is 0 Å². The quantitative estimate of drug-likeness (QED) is 0.898. The predicted octanol–water partition coefficient (Wildman–Crippen LogP) is 2.25. The summed E-state index contributed by atoms with van der Waals surface area (Å²) in [4.78, 5) is 16.4. The molecule has 1 N–H and O–H groups in total. The van der Waals surface area contributed by atoms with Crippen molar-refractivity contribution >= 4 is 11.6 Å². The minimum absolute atomic E-state index is 0.0116. The van der Waals surface area contributed by atoms with Crippen LogP contribution in [0.15, 0.2) is 30.7 Å². The van der Waals surface area contributed by atoms with Crippen molar-refractivity contribution in [2.75, 3.05) is 0 Å². The first-order valence-electron chi connectivity index (χ1n) is 6.31. The van der Waals surface area contributed by atoms with E-state index in [1.165, 1.54) is 12.8 Å². The van der Waals surface area contributed by atoms with Gasteiger partial charge in [-0.15, -0.1) is 0 Å². The molecule has 2 heterocycles. The van der Waals surface area contributed by atoms with Gasteiger partial charge in [0, 0.05) is 24.1 Å². The van der Waals surface area contributed by atoms with Gasteiger partial charge >= 0.3 is 0 Å². The van der Waals surface area contributed by atoms with E-state index in [2.05, 4.69) is 24.1 Å². The summed E-state index contributed by atoms with van der Waals surface area (Å²) in [5, 5.41) is 3.12. The third-order valence-corrected chi connectivity index (χ3v) is 3.68. The molecule has 1 aliphatic rings. The van der Waals surface area contributed by atoms with Gasteiger partial charge in [-0.3, -0.25) is 4.79 Å². The van der Waals surface area contributed by atoms with Crippen LogP contribution in [0.5, 0.6) is 0 Å². The zero-order valence-corrected chi connectivity index (χ0v) is 10.7. The molecule has 1 amide bonds. The molecule has 2 aromatic heterocycles. The molecule has 0 bridgehead atoms. The lowest BCUT2D eigenvalue weighted by molar-refractivity contribution is 0.0903. The Balaban J connectivity index is 1.82. The molecule has 18 heavy (non-hydrogen) atoms. The largest absolute Gasteiger partial charge is 0.347 e. The van der Waals surface area contributed by atoms with Crippen LogP contribution in [0.2, 0.25) is 0 Å². The highest BCUT2D eigenvalue weighted by atomic mass is 16.1. The Morgan fingerprint density at radius 3 is 2.94 bits per heavy atom. The van der Waals surface area contributed by atoms with E-state index in [0.29, 0.717) is 11.5 Å². The second-order valence-electron chi connectivity index (χ2n) is 5.56. The Labute approximate surface area is 106 Å². The van der Waals surface area contributed by atoms with E-state index >= 15 is 0 Å². The number of carbonyl (C=O) groups is 1.